The molecule has 7 heteroatoms. The number of aliphatic imine (C=N–C) groups is 1. The van der Waals surface area contributed by atoms with Crippen molar-refractivity contribution in [2.45, 2.75) is 44.8 Å². The topological polar surface area (TPSA) is 66.4 Å². The van der Waals surface area contributed by atoms with E-state index in [0.29, 0.717) is 19.1 Å². The number of hydrogen-bond donors (Lipinski definition) is 1. The van der Waals surface area contributed by atoms with E-state index in [1.165, 1.54) is 5.56 Å². The predicted molar refractivity (Wildman–Crippen MR) is 115 cm³/mol. The van der Waals surface area contributed by atoms with Crippen LogP contribution in [-0.4, -0.2) is 69.9 Å². The second kappa shape index (κ2) is 11.2. The molecule has 7 nitrogen and oxygen atoms in total. The van der Waals surface area contributed by atoms with Crippen LogP contribution < -0.4 is 10.2 Å². The van der Waals surface area contributed by atoms with E-state index >= 15 is 0 Å². The van der Waals surface area contributed by atoms with Crippen LogP contribution >= 0.6 is 0 Å². The first-order valence-corrected chi connectivity index (χ1v) is 10.7. The van der Waals surface area contributed by atoms with Crippen molar-refractivity contribution in [2.24, 2.45) is 4.99 Å². The number of carbonyl (C=O) groups is 1. The minimum Gasteiger partial charge on any atom is -0.385 e. The molecule has 2 fully saturated rings. The maximum atomic E-state index is 11.9. The van der Waals surface area contributed by atoms with Gasteiger partial charge in [0.2, 0.25) is 5.91 Å². The summed E-state index contributed by atoms with van der Waals surface area (Å²) >= 11 is 0. The van der Waals surface area contributed by atoms with E-state index in [4.69, 9.17) is 9.47 Å². The Balaban J connectivity index is 1.42. The summed E-state index contributed by atoms with van der Waals surface area (Å²) in [7, 11) is 3.55. The molecule has 2 aliphatic rings. The van der Waals surface area contributed by atoms with Gasteiger partial charge in [0, 0.05) is 65.7 Å². The van der Waals surface area contributed by atoms with Crippen LogP contribution in [0.25, 0.3) is 0 Å². The quantitative estimate of drug-likeness (QED) is 0.411. The van der Waals surface area contributed by atoms with Gasteiger partial charge in [-0.15, -0.1) is 0 Å². The minimum atomic E-state index is 0.224. The highest BCUT2D eigenvalue weighted by Crippen LogP contribution is 2.21. The normalized spacial score (nSPS) is 18.6. The van der Waals surface area contributed by atoms with Crippen LogP contribution in [0.2, 0.25) is 0 Å². The zero-order chi connectivity index (χ0) is 20.5. The first-order chi connectivity index (χ1) is 14.2. The van der Waals surface area contributed by atoms with Gasteiger partial charge in [0.1, 0.15) is 0 Å². The molecule has 29 heavy (non-hydrogen) atoms. The fourth-order valence-corrected chi connectivity index (χ4v) is 3.92. The van der Waals surface area contributed by atoms with Crippen LogP contribution in [0.15, 0.2) is 29.3 Å². The van der Waals surface area contributed by atoms with Crippen molar-refractivity contribution in [1.82, 2.24) is 10.2 Å². The van der Waals surface area contributed by atoms with Crippen molar-refractivity contribution in [3.63, 3.8) is 0 Å². The molecular formula is C22H34N4O3. The molecule has 0 saturated carbocycles. The smallest absolute Gasteiger partial charge is 0.227 e. The average Bonchev–Trinajstić information content (AvgIpc) is 3.19. The van der Waals surface area contributed by atoms with Gasteiger partial charge >= 0.3 is 0 Å². The molecule has 2 heterocycles. The Labute approximate surface area is 174 Å². The van der Waals surface area contributed by atoms with Crippen molar-refractivity contribution in [3.05, 3.63) is 29.8 Å². The van der Waals surface area contributed by atoms with Gasteiger partial charge in [-0.25, -0.2) is 0 Å². The molecule has 0 unspecified atom stereocenters. The van der Waals surface area contributed by atoms with Crippen LogP contribution in [0, 0.1) is 0 Å². The Kier molecular flexibility index (Phi) is 8.31. The zero-order valence-electron chi connectivity index (χ0n) is 17.7. The number of benzene rings is 1. The number of piperidine rings is 1. The molecule has 0 aromatic heterocycles. The Bertz CT molecular complexity index is 669. The molecule has 160 valence electrons. The number of hydrogen-bond acceptors (Lipinski definition) is 4. The lowest BCUT2D eigenvalue weighted by molar-refractivity contribution is -0.117. The molecule has 0 bridgehead atoms. The number of rotatable bonds is 8. The number of guanidine groups is 1. The second-order valence-corrected chi connectivity index (χ2v) is 7.62. The number of nitrogens with zero attached hydrogens (tertiary/aromatic N) is 3. The van der Waals surface area contributed by atoms with Crippen molar-refractivity contribution in [2.75, 3.05) is 51.9 Å². The van der Waals surface area contributed by atoms with Gasteiger partial charge in [-0.1, -0.05) is 12.1 Å². The summed E-state index contributed by atoms with van der Waals surface area (Å²) in [5, 5.41) is 3.47. The van der Waals surface area contributed by atoms with Crippen LogP contribution in [0.4, 0.5) is 5.69 Å². The molecule has 0 radical (unpaired) electrons. The summed E-state index contributed by atoms with van der Waals surface area (Å²) in [5.74, 6) is 1.16. The molecule has 0 atom stereocenters. The summed E-state index contributed by atoms with van der Waals surface area (Å²) < 4.78 is 11.0. The Hall–Kier alpha value is -2.12. The van der Waals surface area contributed by atoms with E-state index in [1.54, 1.807) is 7.11 Å². The Morgan fingerprint density at radius 2 is 1.93 bits per heavy atom. The van der Waals surface area contributed by atoms with Gasteiger partial charge in [0.05, 0.1) is 6.10 Å². The second-order valence-electron chi connectivity index (χ2n) is 7.62. The molecule has 3 rings (SSSR count). The van der Waals surface area contributed by atoms with Crippen LogP contribution in [-0.2, 0) is 20.8 Å². The Morgan fingerprint density at radius 3 is 2.55 bits per heavy atom. The maximum Gasteiger partial charge on any atom is 0.227 e. The number of anilines is 1. The van der Waals surface area contributed by atoms with Crippen molar-refractivity contribution in [1.29, 1.82) is 0 Å². The predicted octanol–water partition coefficient (Wildman–Crippen LogP) is 2.41. The van der Waals surface area contributed by atoms with Crippen molar-refractivity contribution >= 4 is 17.6 Å². The average molecular weight is 403 g/mol. The van der Waals surface area contributed by atoms with Crippen molar-refractivity contribution in [3.8, 4) is 0 Å². The van der Waals surface area contributed by atoms with Crippen molar-refractivity contribution < 1.29 is 14.3 Å². The van der Waals surface area contributed by atoms with Gasteiger partial charge in [-0.3, -0.25) is 9.79 Å². The highest BCUT2D eigenvalue weighted by Gasteiger charge is 2.23. The third-order valence-corrected chi connectivity index (χ3v) is 5.57. The maximum absolute atomic E-state index is 11.9. The zero-order valence-corrected chi connectivity index (χ0v) is 17.7. The number of amides is 1. The monoisotopic (exact) mass is 402 g/mol. The van der Waals surface area contributed by atoms with E-state index in [-0.39, 0.29) is 5.91 Å². The van der Waals surface area contributed by atoms with Gasteiger partial charge in [-0.2, -0.15) is 0 Å². The van der Waals surface area contributed by atoms with E-state index < -0.39 is 0 Å². The number of carbonyl (C=O) groups excluding carboxylic acids is 1. The van der Waals surface area contributed by atoms with E-state index in [9.17, 15) is 4.79 Å². The number of ether oxygens (including phenoxy) is 2. The Morgan fingerprint density at radius 1 is 1.17 bits per heavy atom. The first-order valence-electron chi connectivity index (χ1n) is 10.7. The highest BCUT2D eigenvalue weighted by atomic mass is 16.5. The summed E-state index contributed by atoms with van der Waals surface area (Å²) in [6.45, 7) is 4.97. The summed E-state index contributed by atoms with van der Waals surface area (Å²) in [6.07, 6.45) is 4.94. The van der Waals surface area contributed by atoms with Crippen LogP contribution in [0.3, 0.4) is 0 Å². The lowest BCUT2D eigenvalue weighted by Crippen LogP contribution is -2.46. The summed E-state index contributed by atoms with van der Waals surface area (Å²) in [5.41, 5.74) is 2.17. The number of nitrogens with one attached hydrogen (secondary N) is 1. The molecule has 1 N–H and O–H groups in total. The molecule has 0 spiro atoms. The summed E-state index contributed by atoms with van der Waals surface area (Å²) in [6, 6.07) is 8.24. The lowest BCUT2D eigenvalue weighted by atomic mass is 10.1. The number of methoxy groups -OCH3 is 1. The molecule has 0 aliphatic carbocycles. The molecular weight excluding hydrogens is 368 g/mol. The first kappa shape index (κ1) is 21.6. The van der Waals surface area contributed by atoms with E-state index in [0.717, 1.165) is 70.2 Å². The standard InChI is InChI=1S/C22H34N4O3/c1-23-22(25-13-10-20(11-14-25)29-16-4-15-28-2)24-17-18-6-8-19(9-7-18)26-12-3-5-21(26)27/h6-9,20H,3-5,10-17H2,1-2H3,(H,23,24). The fraction of sp³-hybridized carbons (Fsp3) is 0.636. The third-order valence-electron chi connectivity index (χ3n) is 5.57. The van der Waals surface area contributed by atoms with Crippen LogP contribution in [0.1, 0.15) is 37.7 Å². The van der Waals surface area contributed by atoms with E-state index in [2.05, 4.69) is 27.3 Å². The molecule has 1 amide bonds. The van der Waals surface area contributed by atoms with E-state index in [1.807, 2.05) is 24.1 Å². The van der Waals surface area contributed by atoms with Gasteiger partial charge < -0.3 is 24.6 Å². The highest BCUT2D eigenvalue weighted by molar-refractivity contribution is 5.95. The summed E-state index contributed by atoms with van der Waals surface area (Å²) in [4.78, 5) is 20.5. The SMILES string of the molecule is CN=C(NCc1ccc(N2CCCC2=O)cc1)N1CCC(OCCCOC)CC1. The molecule has 1 aromatic rings. The molecule has 1 aromatic carbocycles. The van der Waals surface area contributed by atoms with Crippen LogP contribution in [0.5, 0.6) is 0 Å². The third kappa shape index (κ3) is 6.18. The van der Waals surface area contributed by atoms with Gasteiger partial charge in [0.25, 0.3) is 0 Å². The van der Waals surface area contributed by atoms with Gasteiger partial charge in [0.15, 0.2) is 5.96 Å². The minimum absolute atomic E-state index is 0.224. The molecule has 2 saturated heterocycles. The number of likely N-dealkylation sites (tertiary alicyclic amines) is 1. The largest absolute Gasteiger partial charge is 0.385 e. The lowest BCUT2D eigenvalue weighted by Gasteiger charge is -2.34. The molecule has 2 aliphatic heterocycles. The van der Waals surface area contributed by atoms with Gasteiger partial charge in [-0.05, 0) is 43.4 Å². The fourth-order valence-electron chi connectivity index (χ4n) is 3.92.